The van der Waals surface area contributed by atoms with Gasteiger partial charge in [-0.15, -0.1) is 0 Å². The molecule has 5 rings (SSSR count). The highest BCUT2D eigenvalue weighted by Gasteiger charge is 2.15. The molecule has 0 saturated carbocycles. The van der Waals surface area contributed by atoms with E-state index in [9.17, 15) is 0 Å². The molecule has 0 fully saturated rings. The van der Waals surface area contributed by atoms with Crippen molar-refractivity contribution < 1.29 is 0 Å². The maximum Gasteiger partial charge on any atom is -0.00577 e. The van der Waals surface area contributed by atoms with Gasteiger partial charge in [-0.1, -0.05) is 68.0 Å². The summed E-state index contributed by atoms with van der Waals surface area (Å²) in [5.41, 5.74) is 5.88. The first-order valence-corrected chi connectivity index (χ1v) is 9.37. The van der Waals surface area contributed by atoms with Crippen LogP contribution in [0.2, 0.25) is 0 Å². The van der Waals surface area contributed by atoms with Crippen LogP contribution in [0.4, 0.5) is 0 Å². The molecular formula is C25H22. The second kappa shape index (κ2) is 5.46. The van der Waals surface area contributed by atoms with Gasteiger partial charge in [0.2, 0.25) is 0 Å². The molecular weight excluding hydrogens is 300 g/mol. The van der Waals surface area contributed by atoms with Crippen LogP contribution in [0, 0.1) is 0 Å². The molecule has 0 N–H and O–H groups in total. The summed E-state index contributed by atoms with van der Waals surface area (Å²) in [6.45, 7) is 4.47. The number of allylic oxidation sites excluding steroid dienone is 1. The van der Waals surface area contributed by atoms with Crippen LogP contribution in [0.15, 0.2) is 60.2 Å². The number of benzene rings is 4. The minimum Gasteiger partial charge on any atom is -0.0655 e. The Hall–Kier alpha value is -2.60. The maximum atomic E-state index is 2.41. The van der Waals surface area contributed by atoms with Crippen molar-refractivity contribution in [3.05, 3.63) is 76.9 Å². The van der Waals surface area contributed by atoms with E-state index in [2.05, 4.69) is 74.5 Å². The van der Waals surface area contributed by atoms with Gasteiger partial charge >= 0.3 is 0 Å². The summed E-state index contributed by atoms with van der Waals surface area (Å²) >= 11 is 0. The van der Waals surface area contributed by atoms with E-state index < -0.39 is 0 Å². The van der Waals surface area contributed by atoms with Gasteiger partial charge in [-0.2, -0.15) is 0 Å². The van der Waals surface area contributed by atoms with E-state index in [4.69, 9.17) is 0 Å². The molecule has 1 aliphatic rings. The summed E-state index contributed by atoms with van der Waals surface area (Å²) < 4.78 is 0. The molecule has 0 nitrogen and oxygen atoms in total. The zero-order valence-corrected chi connectivity index (χ0v) is 14.9. The lowest BCUT2D eigenvalue weighted by molar-refractivity contribution is 1.04. The molecule has 0 saturated heterocycles. The SMILES string of the molecule is CCC1=Cc2c(ccc3c2ccc2cc4cc(CC)ccc4cc23)C1. The predicted molar refractivity (Wildman–Crippen MR) is 110 cm³/mol. The van der Waals surface area contributed by atoms with Crippen LogP contribution >= 0.6 is 0 Å². The van der Waals surface area contributed by atoms with Gasteiger partial charge < -0.3 is 0 Å². The Balaban J connectivity index is 1.83. The van der Waals surface area contributed by atoms with Crippen LogP contribution in [-0.4, -0.2) is 0 Å². The van der Waals surface area contributed by atoms with Gasteiger partial charge in [-0.3, -0.25) is 0 Å². The Morgan fingerprint density at radius 3 is 2.36 bits per heavy atom. The van der Waals surface area contributed by atoms with E-state index in [0.717, 1.165) is 19.3 Å². The highest BCUT2D eigenvalue weighted by molar-refractivity contribution is 6.14. The van der Waals surface area contributed by atoms with Crippen molar-refractivity contribution in [1.82, 2.24) is 0 Å². The summed E-state index contributed by atoms with van der Waals surface area (Å²) in [4.78, 5) is 0. The molecule has 0 aromatic heterocycles. The van der Waals surface area contributed by atoms with Crippen molar-refractivity contribution >= 4 is 38.4 Å². The highest BCUT2D eigenvalue weighted by atomic mass is 14.2. The first kappa shape index (κ1) is 14.7. The van der Waals surface area contributed by atoms with Gasteiger partial charge in [0.25, 0.3) is 0 Å². The van der Waals surface area contributed by atoms with Crippen LogP contribution in [-0.2, 0) is 12.8 Å². The minimum absolute atomic E-state index is 1.09. The Kier molecular flexibility index (Phi) is 3.21. The number of aryl methyl sites for hydroxylation is 1. The van der Waals surface area contributed by atoms with Crippen molar-refractivity contribution in [2.75, 3.05) is 0 Å². The second-order valence-electron chi connectivity index (χ2n) is 7.24. The van der Waals surface area contributed by atoms with Crippen LogP contribution in [0.3, 0.4) is 0 Å². The monoisotopic (exact) mass is 322 g/mol. The lowest BCUT2D eigenvalue weighted by atomic mass is 9.94. The Labute approximate surface area is 148 Å². The molecule has 122 valence electrons. The Morgan fingerprint density at radius 2 is 1.52 bits per heavy atom. The first-order chi connectivity index (χ1) is 12.3. The van der Waals surface area contributed by atoms with Crippen molar-refractivity contribution in [3.8, 4) is 0 Å². The smallest absolute Gasteiger partial charge is 0.00577 e. The minimum atomic E-state index is 1.09. The molecule has 0 heteroatoms. The number of fused-ring (bicyclic) bond motifs is 6. The standard InChI is InChI=1S/C25H22/c1-3-16-5-6-18-15-25-20(14-21(18)11-16)8-10-22-23(25)9-7-19-12-17(4-2)13-24(19)22/h5-11,13-15H,3-4,12H2,1-2H3. The van der Waals surface area contributed by atoms with Crippen molar-refractivity contribution in [1.29, 1.82) is 0 Å². The average molecular weight is 322 g/mol. The summed E-state index contributed by atoms with van der Waals surface area (Å²) in [6, 6.07) is 20.9. The van der Waals surface area contributed by atoms with Gasteiger partial charge in [0.1, 0.15) is 0 Å². The summed E-state index contributed by atoms with van der Waals surface area (Å²) in [5, 5.41) is 8.17. The lowest BCUT2D eigenvalue weighted by Gasteiger charge is -2.10. The van der Waals surface area contributed by atoms with Gasteiger partial charge in [0, 0.05) is 0 Å². The average Bonchev–Trinajstić information content (AvgIpc) is 3.09. The molecule has 0 spiro atoms. The molecule has 4 aromatic carbocycles. The van der Waals surface area contributed by atoms with Gasteiger partial charge in [0.15, 0.2) is 0 Å². The maximum absolute atomic E-state index is 2.41. The zero-order valence-electron chi connectivity index (χ0n) is 14.9. The molecule has 0 amide bonds. The van der Waals surface area contributed by atoms with Crippen molar-refractivity contribution in [2.45, 2.75) is 33.1 Å². The summed E-state index contributed by atoms with van der Waals surface area (Å²) in [5.74, 6) is 0. The first-order valence-electron chi connectivity index (χ1n) is 9.37. The number of rotatable bonds is 2. The van der Waals surface area contributed by atoms with E-state index in [-0.39, 0.29) is 0 Å². The van der Waals surface area contributed by atoms with E-state index in [1.165, 1.54) is 49.0 Å². The summed E-state index contributed by atoms with van der Waals surface area (Å²) in [6.07, 6.45) is 5.77. The Bertz CT molecular complexity index is 1180. The topological polar surface area (TPSA) is 0 Å². The van der Waals surface area contributed by atoms with E-state index in [0.29, 0.717) is 0 Å². The number of hydrogen-bond acceptors (Lipinski definition) is 0. The molecule has 4 aromatic rings. The van der Waals surface area contributed by atoms with Crippen molar-refractivity contribution in [2.24, 2.45) is 0 Å². The van der Waals surface area contributed by atoms with Gasteiger partial charge in [-0.05, 0) is 80.4 Å². The van der Waals surface area contributed by atoms with E-state index in [1.54, 1.807) is 5.57 Å². The lowest BCUT2D eigenvalue weighted by Crippen LogP contribution is -1.87. The number of hydrogen-bond donors (Lipinski definition) is 0. The van der Waals surface area contributed by atoms with Crippen LogP contribution in [0.5, 0.6) is 0 Å². The van der Waals surface area contributed by atoms with Crippen LogP contribution in [0.1, 0.15) is 37.0 Å². The fourth-order valence-corrected chi connectivity index (χ4v) is 4.28. The molecule has 0 aliphatic heterocycles. The Morgan fingerprint density at radius 1 is 0.680 bits per heavy atom. The van der Waals surface area contributed by atoms with E-state index in [1.807, 2.05) is 0 Å². The molecule has 0 unspecified atom stereocenters. The third-order valence-electron chi connectivity index (χ3n) is 5.80. The van der Waals surface area contributed by atoms with Crippen LogP contribution < -0.4 is 0 Å². The quantitative estimate of drug-likeness (QED) is 0.274. The van der Waals surface area contributed by atoms with Crippen LogP contribution in [0.25, 0.3) is 38.4 Å². The van der Waals surface area contributed by atoms with E-state index >= 15 is 0 Å². The second-order valence-corrected chi connectivity index (χ2v) is 7.24. The zero-order chi connectivity index (χ0) is 17.0. The predicted octanol–water partition coefficient (Wildman–Crippen LogP) is 7.06. The van der Waals surface area contributed by atoms with Gasteiger partial charge in [0.05, 0.1) is 0 Å². The molecule has 0 atom stereocenters. The molecule has 0 radical (unpaired) electrons. The summed E-state index contributed by atoms with van der Waals surface area (Å²) in [7, 11) is 0. The van der Waals surface area contributed by atoms with Gasteiger partial charge in [-0.25, -0.2) is 0 Å². The molecule has 0 bridgehead atoms. The largest absolute Gasteiger partial charge is 0.0655 e. The highest BCUT2D eigenvalue weighted by Crippen LogP contribution is 2.37. The fraction of sp³-hybridized carbons (Fsp3) is 0.200. The third kappa shape index (κ3) is 2.21. The third-order valence-corrected chi connectivity index (χ3v) is 5.80. The van der Waals surface area contributed by atoms with Crippen molar-refractivity contribution in [3.63, 3.8) is 0 Å². The molecule has 0 heterocycles. The molecule has 25 heavy (non-hydrogen) atoms. The fourth-order valence-electron chi connectivity index (χ4n) is 4.28. The molecule has 1 aliphatic carbocycles. The normalized spacial score (nSPS) is 13.6.